The third-order valence-electron chi connectivity index (χ3n) is 3.73. The van der Waals surface area contributed by atoms with Gasteiger partial charge in [0.25, 0.3) is 0 Å². The summed E-state index contributed by atoms with van der Waals surface area (Å²) in [4.78, 5) is 15.4. The van der Waals surface area contributed by atoms with Crippen molar-refractivity contribution in [1.29, 1.82) is 0 Å². The molecule has 1 aromatic carbocycles. The molecular formula is C19H33IN4O. The second-order valence-corrected chi connectivity index (χ2v) is 6.68. The van der Waals surface area contributed by atoms with Crippen LogP contribution in [-0.2, 0) is 11.3 Å². The zero-order chi connectivity index (χ0) is 17.9. The molecule has 0 heterocycles. The minimum Gasteiger partial charge on any atom is -0.354 e. The molecule has 0 saturated carbocycles. The van der Waals surface area contributed by atoms with Crippen LogP contribution >= 0.6 is 24.0 Å². The maximum Gasteiger partial charge on any atom is 0.221 e. The van der Waals surface area contributed by atoms with E-state index in [0.717, 1.165) is 29.5 Å². The van der Waals surface area contributed by atoms with Crippen LogP contribution in [0, 0.1) is 5.92 Å². The fraction of sp³-hybridized carbons (Fsp3) is 0.579. The van der Waals surface area contributed by atoms with Gasteiger partial charge in [0, 0.05) is 32.2 Å². The zero-order valence-corrected chi connectivity index (χ0v) is 18.4. The Bertz CT molecular complexity index is 546. The van der Waals surface area contributed by atoms with Gasteiger partial charge in [-0.05, 0) is 37.0 Å². The lowest BCUT2D eigenvalue weighted by Crippen LogP contribution is -2.41. The summed E-state index contributed by atoms with van der Waals surface area (Å²) in [5, 5.41) is 9.55. The molecule has 1 atom stereocenters. The predicted octanol–water partition coefficient (Wildman–Crippen LogP) is 4.14. The number of benzene rings is 1. The standard InChI is InChI=1S/C19H32N4O.HI/c1-14(2)8-6-9-15(3)22-19(20-5)21-13-17-10-7-11-18(12-17)23-16(4)24;/h7,10-12,14-15H,6,8-9,13H2,1-5H3,(H,23,24)(H2,20,21,22);1H. The molecule has 0 aliphatic heterocycles. The summed E-state index contributed by atoms with van der Waals surface area (Å²) in [6, 6.07) is 8.20. The summed E-state index contributed by atoms with van der Waals surface area (Å²) in [5.41, 5.74) is 1.91. The van der Waals surface area contributed by atoms with Crippen molar-refractivity contribution < 1.29 is 4.79 Å². The molecule has 3 N–H and O–H groups in total. The lowest BCUT2D eigenvalue weighted by atomic mass is 10.0. The second-order valence-electron chi connectivity index (χ2n) is 6.68. The van der Waals surface area contributed by atoms with Crippen LogP contribution < -0.4 is 16.0 Å². The van der Waals surface area contributed by atoms with Gasteiger partial charge < -0.3 is 16.0 Å². The molecule has 25 heavy (non-hydrogen) atoms. The summed E-state index contributed by atoms with van der Waals surface area (Å²) in [5.74, 6) is 1.50. The molecule has 0 aliphatic rings. The van der Waals surface area contributed by atoms with E-state index in [1.807, 2.05) is 24.3 Å². The van der Waals surface area contributed by atoms with Gasteiger partial charge in [0.05, 0.1) is 0 Å². The van der Waals surface area contributed by atoms with E-state index in [0.29, 0.717) is 12.6 Å². The number of carbonyl (C=O) groups excluding carboxylic acids is 1. The largest absolute Gasteiger partial charge is 0.354 e. The predicted molar refractivity (Wildman–Crippen MR) is 118 cm³/mol. The molecule has 0 aromatic heterocycles. The van der Waals surface area contributed by atoms with Crippen molar-refractivity contribution in [2.75, 3.05) is 12.4 Å². The van der Waals surface area contributed by atoms with Crippen LogP contribution in [-0.4, -0.2) is 25.0 Å². The van der Waals surface area contributed by atoms with Crippen molar-refractivity contribution in [2.24, 2.45) is 10.9 Å². The Balaban J connectivity index is 0.00000576. The van der Waals surface area contributed by atoms with Gasteiger partial charge in [-0.3, -0.25) is 9.79 Å². The number of rotatable bonds is 8. The van der Waals surface area contributed by atoms with Crippen molar-refractivity contribution in [3.63, 3.8) is 0 Å². The minimum atomic E-state index is -0.0622. The summed E-state index contributed by atoms with van der Waals surface area (Å²) in [7, 11) is 1.78. The maximum absolute atomic E-state index is 11.1. The molecule has 5 nitrogen and oxygen atoms in total. The Kier molecular flexibility index (Phi) is 12.3. The van der Waals surface area contributed by atoms with Gasteiger partial charge in [-0.2, -0.15) is 0 Å². The van der Waals surface area contributed by atoms with E-state index in [4.69, 9.17) is 0 Å². The number of carbonyl (C=O) groups is 1. The molecule has 0 bridgehead atoms. The highest BCUT2D eigenvalue weighted by atomic mass is 127. The molecule has 0 radical (unpaired) electrons. The molecule has 0 aliphatic carbocycles. The molecule has 1 amide bonds. The molecule has 142 valence electrons. The third-order valence-corrected chi connectivity index (χ3v) is 3.73. The van der Waals surface area contributed by atoms with Gasteiger partial charge in [0.15, 0.2) is 5.96 Å². The Morgan fingerprint density at radius 1 is 1.20 bits per heavy atom. The molecular weight excluding hydrogens is 427 g/mol. The Labute approximate surface area is 169 Å². The molecule has 0 saturated heterocycles. The fourth-order valence-corrected chi connectivity index (χ4v) is 2.48. The number of guanidine groups is 1. The van der Waals surface area contributed by atoms with Crippen LogP contribution in [0.15, 0.2) is 29.3 Å². The zero-order valence-electron chi connectivity index (χ0n) is 16.1. The number of nitrogens with zero attached hydrogens (tertiary/aromatic N) is 1. The normalized spacial score (nSPS) is 12.3. The highest BCUT2D eigenvalue weighted by Crippen LogP contribution is 2.11. The number of amides is 1. The van der Waals surface area contributed by atoms with Gasteiger partial charge in [-0.15, -0.1) is 24.0 Å². The molecule has 1 unspecified atom stereocenters. The van der Waals surface area contributed by atoms with E-state index in [-0.39, 0.29) is 29.9 Å². The van der Waals surface area contributed by atoms with E-state index in [1.54, 1.807) is 7.05 Å². The fourth-order valence-electron chi connectivity index (χ4n) is 2.48. The van der Waals surface area contributed by atoms with Crippen LogP contribution in [0.2, 0.25) is 0 Å². The molecule has 0 spiro atoms. The number of halogens is 1. The Morgan fingerprint density at radius 3 is 2.52 bits per heavy atom. The van der Waals surface area contributed by atoms with Gasteiger partial charge in [-0.25, -0.2) is 0 Å². The van der Waals surface area contributed by atoms with Gasteiger partial charge in [-0.1, -0.05) is 38.8 Å². The van der Waals surface area contributed by atoms with Crippen molar-refractivity contribution in [1.82, 2.24) is 10.6 Å². The summed E-state index contributed by atoms with van der Waals surface area (Å²) in [6.45, 7) is 8.87. The van der Waals surface area contributed by atoms with Crippen LogP contribution in [0.4, 0.5) is 5.69 Å². The monoisotopic (exact) mass is 460 g/mol. The van der Waals surface area contributed by atoms with E-state index in [2.05, 4.69) is 41.7 Å². The third kappa shape index (κ3) is 11.0. The van der Waals surface area contributed by atoms with Crippen LogP contribution in [0.1, 0.15) is 52.5 Å². The number of anilines is 1. The van der Waals surface area contributed by atoms with E-state index >= 15 is 0 Å². The maximum atomic E-state index is 11.1. The molecule has 1 aromatic rings. The number of aliphatic imine (C=N–C) groups is 1. The van der Waals surface area contributed by atoms with Crippen molar-refractivity contribution in [2.45, 2.75) is 59.5 Å². The highest BCUT2D eigenvalue weighted by Gasteiger charge is 2.06. The molecule has 0 fully saturated rings. The number of nitrogens with one attached hydrogen (secondary N) is 3. The average molecular weight is 460 g/mol. The van der Waals surface area contributed by atoms with Crippen LogP contribution in [0.3, 0.4) is 0 Å². The first kappa shape index (κ1) is 23.7. The SMILES string of the molecule is CN=C(NCc1cccc(NC(C)=O)c1)NC(C)CCCC(C)C.I. The van der Waals surface area contributed by atoms with Gasteiger partial charge >= 0.3 is 0 Å². The first-order chi connectivity index (χ1) is 11.4. The first-order valence-corrected chi connectivity index (χ1v) is 8.74. The Morgan fingerprint density at radius 2 is 1.92 bits per heavy atom. The van der Waals surface area contributed by atoms with Crippen LogP contribution in [0.5, 0.6) is 0 Å². The van der Waals surface area contributed by atoms with E-state index in [9.17, 15) is 4.79 Å². The lowest BCUT2D eigenvalue weighted by molar-refractivity contribution is -0.114. The topological polar surface area (TPSA) is 65.5 Å². The Hall–Kier alpha value is -1.31. The van der Waals surface area contributed by atoms with E-state index in [1.165, 1.54) is 19.8 Å². The summed E-state index contributed by atoms with van der Waals surface area (Å²) >= 11 is 0. The van der Waals surface area contributed by atoms with Crippen molar-refractivity contribution in [3.8, 4) is 0 Å². The van der Waals surface area contributed by atoms with Gasteiger partial charge in [0.1, 0.15) is 0 Å². The van der Waals surface area contributed by atoms with Gasteiger partial charge in [0.2, 0.25) is 5.91 Å². The van der Waals surface area contributed by atoms with Crippen LogP contribution in [0.25, 0.3) is 0 Å². The number of hydrogen-bond donors (Lipinski definition) is 3. The van der Waals surface area contributed by atoms with Crippen molar-refractivity contribution in [3.05, 3.63) is 29.8 Å². The average Bonchev–Trinajstić information content (AvgIpc) is 2.50. The second kappa shape index (κ2) is 13.0. The first-order valence-electron chi connectivity index (χ1n) is 8.74. The summed E-state index contributed by atoms with van der Waals surface area (Å²) in [6.07, 6.45) is 3.62. The minimum absolute atomic E-state index is 0. The lowest BCUT2D eigenvalue weighted by Gasteiger charge is -2.18. The number of hydrogen-bond acceptors (Lipinski definition) is 2. The quantitative estimate of drug-likeness (QED) is 0.310. The smallest absolute Gasteiger partial charge is 0.221 e. The highest BCUT2D eigenvalue weighted by molar-refractivity contribution is 14.0. The summed E-state index contributed by atoms with van der Waals surface area (Å²) < 4.78 is 0. The molecule has 1 rings (SSSR count). The van der Waals surface area contributed by atoms with Crippen molar-refractivity contribution >= 4 is 41.5 Å². The van der Waals surface area contributed by atoms with E-state index < -0.39 is 0 Å². The molecule has 6 heteroatoms.